The van der Waals surface area contributed by atoms with Gasteiger partial charge in [0, 0.05) is 24.0 Å². The van der Waals surface area contributed by atoms with Crippen LogP contribution in [0.3, 0.4) is 0 Å². The van der Waals surface area contributed by atoms with Crippen molar-refractivity contribution in [1.29, 1.82) is 0 Å². The zero-order valence-corrected chi connectivity index (χ0v) is 18.6. The molecule has 1 atom stereocenters. The minimum Gasteiger partial charge on any atom is -0.459 e. The molecule has 1 heterocycles. The number of carbonyl (C=O) groups is 2. The van der Waals surface area contributed by atoms with Gasteiger partial charge in [-0.3, -0.25) is 9.59 Å². The molecule has 0 aromatic heterocycles. The van der Waals surface area contributed by atoms with Crippen LogP contribution in [0.4, 0.5) is 0 Å². The summed E-state index contributed by atoms with van der Waals surface area (Å²) < 4.78 is 37.6. The molecular weight excluding hydrogens is 402 g/mol. The van der Waals surface area contributed by atoms with Crippen molar-refractivity contribution in [3.05, 3.63) is 24.3 Å². The summed E-state index contributed by atoms with van der Waals surface area (Å²) in [6, 6.07) is 4.62. The number of hydrogen-bond donors (Lipinski definition) is 0. The van der Waals surface area contributed by atoms with E-state index in [-0.39, 0.29) is 17.2 Å². The first kappa shape index (κ1) is 22.7. The highest BCUT2D eigenvalue weighted by Gasteiger charge is 2.49. The molecule has 0 N–H and O–H groups in total. The van der Waals surface area contributed by atoms with Crippen LogP contribution in [0.1, 0.15) is 41.5 Å². The number of rotatable bonds is 4. The zero-order valence-electron chi connectivity index (χ0n) is 17.0. The van der Waals surface area contributed by atoms with Gasteiger partial charge in [0.15, 0.2) is 0 Å². The summed E-state index contributed by atoms with van der Waals surface area (Å²) in [5, 5.41) is 0. The monoisotopic (exact) mass is 429 g/mol. The minimum atomic E-state index is -3.95. The van der Waals surface area contributed by atoms with Crippen LogP contribution in [0.15, 0.2) is 29.2 Å². The molecule has 0 saturated carbocycles. The van der Waals surface area contributed by atoms with Crippen molar-refractivity contribution in [2.24, 2.45) is 0 Å². The minimum absolute atomic E-state index is 0.0275. The summed E-state index contributed by atoms with van der Waals surface area (Å²) in [5.74, 6) is -0.235. The van der Waals surface area contributed by atoms with Crippen molar-refractivity contribution in [3.63, 3.8) is 0 Å². The van der Waals surface area contributed by atoms with Crippen molar-refractivity contribution in [2.45, 2.75) is 62.8 Å². The quantitative estimate of drug-likeness (QED) is 0.537. The molecule has 0 bridgehead atoms. The fourth-order valence-corrected chi connectivity index (χ4v) is 6.04. The lowest BCUT2D eigenvalue weighted by Crippen LogP contribution is -2.59. The number of ether oxygens (including phenoxy) is 2. The van der Waals surface area contributed by atoms with Crippen molar-refractivity contribution < 1.29 is 27.5 Å². The molecule has 0 amide bonds. The number of esters is 2. The van der Waals surface area contributed by atoms with Gasteiger partial charge in [-0.2, -0.15) is 16.1 Å². The van der Waals surface area contributed by atoms with Crippen LogP contribution in [0.25, 0.3) is 0 Å². The second-order valence-electron chi connectivity index (χ2n) is 8.07. The Balaban J connectivity index is 2.40. The van der Waals surface area contributed by atoms with Gasteiger partial charge in [0.2, 0.25) is 10.0 Å². The molecule has 28 heavy (non-hydrogen) atoms. The average molecular weight is 430 g/mol. The van der Waals surface area contributed by atoms with Crippen molar-refractivity contribution in [2.75, 3.05) is 12.3 Å². The summed E-state index contributed by atoms with van der Waals surface area (Å²) in [5.41, 5.74) is -0.726. The zero-order chi connectivity index (χ0) is 21.3. The van der Waals surface area contributed by atoms with E-state index in [9.17, 15) is 18.0 Å². The number of thioether (sulfide) groups is 1. The molecule has 1 aliphatic rings. The number of sulfonamides is 1. The molecule has 7 nitrogen and oxygen atoms in total. The van der Waals surface area contributed by atoms with Crippen LogP contribution in [0.2, 0.25) is 0 Å². The Morgan fingerprint density at radius 1 is 1.18 bits per heavy atom. The molecule has 0 radical (unpaired) electrons. The van der Waals surface area contributed by atoms with E-state index in [1.165, 1.54) is 35.5 Å². The maximum Gasteiger partial charge on any atom is 0.326 e. The Bertz CT molecular complexity index is 840. The van der Waals surface area contributed by atoms with Gasteiger partial charge in [-0.25, -0.2) is 8.42 Å². The number of nitrogens with zero attached hydrogens (tertiary/aromatic N) is 1. The first-order valence-electron chi connectivity index (χ1n) is 8.91. The van der Waals surface area contributed by atoms with Crippen molar-refractivity contribution in [3.8, 4) is 5.75 Å². The highest BCUT2D eigenvalue weighted by molar-refractivity contribution is 8.00. The van der Waals surface area contributed by atoms with E-state index in [4.69, 9.17) is 9.47 Å². The smallest absolute Gasteiger partial charge is 0.326 e. The first-order valence-corrected chi connectivity index (χ1v) is 11.3. The standard InChI is InChI=1S/C19H27NO6S2/c1-13(21)25-14-7-9-15(10-8-14)28(23,24)20-11-12-27-19(5,6)16(20)17(22)26-18(2,3)4/h7-10,16H,11-12H2,1-6H3/t16-/m0/s1. The van der Waals surface area contributed by atoms with E-state index in [1.807, 2.05) is 13.8 Å². The molecule has 0 unspecified atom stereocenters. The van der Waals surface area contributed by atoms with Gasteiger partial charge in [0.25, 0.3) is 0 Å². The Kier molecular flexibility index (Phi) is 6.52. The summed E-state index contributed by atoms with van der Waals surface area (Å²) in [4.78, 5) is 24.0. The largest absolute Gasteiger partial charge is 0.459 e. The molecule has 156 valence electrons. The van der Waals surface area contributed by atoms with Crippen LogP contribution >= 0.6 is 11.8 Å². The maximum absolute atomic E-state index is 13.3. The fourth-order valence-electron chi connectivity index (χ4n) is 2.95. The highest BCUT2D eigenvalue weighted by atomic mass is 32.2. The predicted octanol–water partition coefficient (Wildman–Crippen LogP) is 2.84. The summed E-state index contributed by atoms with van der Waals surface area (Å²) in [6.07, 6.45) is 0. The second kappa shape index (κ2) is 8.04. The van der Waals surface area contributed by atoms with E-state index >= 15 is 0 Å². The molecule has 0 aliphatic carbocycles. The lowest BCUT2D eigenvalue weighted by atomic mass is 10.0. The molecule has 1 aromatic carbocycles. The summed E-state index contributed by atoms with van der Waals surface area (Å²) in [7, 11) is -3.95. The van der Waals surface area contributed by atoms with E-state index in [0.29, 0.717) is 5.75 Å². The third kappa shape index (κ3) is 5.27. The Morgan fingerprint density at radius 3 is 2.25 bits per heavy atom. The number of benzene rings is 1. The van der Waals surface area contributed by atoms with Gasteiger partial charge in [-0.05, 0) is 58.9 Å². The molecule has 1 fully saturated rings. The topological polar surface area (TPSA) is 90.0 Å². The number of carbonyl (C=O) groups excluding carboxylic acids is 2. The van der Waals surface area contributed by atoms with Gasteiger partial charge in [-0.15, -0.1) is 0 Å². The maximum atomic E-state index is 13.3. The van der Waals surface area contributed by atoms with Crippen LogP contribution in [0, 0.1) is 0 Å². The van der Waals surface area contributed by atoms with Gasteiger partial charge in [0.1, 0.15) is 17.4 Å². The van der Waals surface area contributed by atoms with Crippen molar-refractivity contribution in [1.82, 2.24) is 4.31 Å². The molecular formula is C19H27NO6S2. The lowest BCUT2D eigenvalue weighted by Gasteiger charge is -2.44. The Morgan fingerprint density at radius 2 is 1.75 bits per heavy atom. The molecule has 1 aliphatic heterocycles. The van der Waals surface area contributed by atoms with E-state index in [1.54, 1.807) is 32.5 Å². The van der Waals surface area contributed by atoms with Gasteiger partial charge < -0.3 is 9.47 Å². The normalized spacial score (nSPS) is 20.4. The summed E-state index contributed by atoms with van der Waals surface area (Å²) >= 11 is 1.54. The Hall–Kier alpha value is -1.58. The SMILES string of the molecule is CC(=O)Oc1ccc(S(=O)(=O)N2CCSC(C)(C)[C@@H]2C(=O)OC(C)(C)C)cc1. The van der Waals surface area contributed by atoms with Gasteiger partial charge >= 0.3 is 11.9 Å². The van der Waals surface area contributed by atoms with Crippen LogP contribution < -0.4 is 4.74 Å². The molecule has 9 heteroatoms. The number of hydrogen-bond acceptors (Lipinski definition) is 7. The van der Waals surface area contributed by atoms with Crippen LogP contribution in [0.5, 0.6) is 5.75 Å². The van der Waals surface area contributed by atoms with Crippen LogP contribution in [-0.4, -0.2) is 53.3 Å². The molecule has 2 rings (SSSR count). The first-order chi connectivity index (χ1) is 12.7. The van der Waals surface area contributed by atoms with E-state index in [2.05, 4.69) is 0 Å². The van der Waals surface area contributed by atoms with E-state index < -0.39 is 38.4 Å². The van der Waals surface area contributed by atoms with E-state index in [0.717, 1.165) is 0 Å². The molecule has 1 saturated heterocycles. The average Bonchev–Trinajstić information content (AvgIpc) is 2.51. The third-order valence-corrected chi connectivity index (χ3v) is 7.29. The molecule has 0 spiro atoms. The fraction of sp³-hybridized carbons (Fsp3) is 0.579. The summed E-state index contributed by atoms with van der Waals surface area (Å²) in [6.45, 7) is 10.4. The Labute approximate surface area is 170 Å². The second-order valence-corrected chi connectivity index (χ2v) is 11.7. The highest BCUT2D eigenvalue weighted by Crippen LogP contribution is 2.39. The predicted molar refractivity (Wildman–Crippen MR) is 108 cm³/mol. The van der Waals surface area contributed by atoms with Crippen molar-refractivity contribution >= 4 is 33.7 Å². The third-order valence-electron chi connectivity index (χ3n) is 4.05. The van der Waals surface area contributed by atoms with Gasteiger partial charge in [0.05, 0.1) is 4.90 Å². The van der Waals surface area contributed by atoms with Crippen LogP contribution in [-0.2, 0) is 24.3 Å². The lowest BCUT2D eigenvalue weighted by molar-refractivity contribution is -0.160. The van der Waals surface area contributed by atoms with Gasteiger partial charge in [-0.1, -0.05) is 0 Å². The molecule has 1 aromatic rings.